The summed E-state index contributed by atoms with van der Waals surface area (Å²) in [6, 6.07) is 19.1. The van der Waals surface area contributed by atoms with Gasteiger partial charge in [0.15, 0.2) is 0 Å². The number of Topliss-reactive ketones (excluding diaryl/α,β-unsaturated/α-hetero) is 1. The molecular weight excluding hydrogens is 434 g/mol. The number of hydrogen-bond donors (Lipinski definition) is 1. The first-order valence-corrected chi connectivity index (χ1v) is 13.0. The van der Waals surface area contributed by atoms with Crippen molar-refractivity contribution < 1.29 is 14.6 Å². The standard InChI is InChI=1S/C31H35NO3/c1-30-18-26(20-9-11-23(12-10-20)32(2)3)28-25-14-13-24(33)17-21(25)19-35-29(28)27(30)15-16-31(30,34)22-7-5-4-6-8-22/h4-12,19,26-27,29,34H,13-18H2,1-3H3/t26?,27-,29-,30-,31+/m0/s1. The molecule has 5 atom stereocenters. The van der Waals surface area contributed by atoms with E-state index in [0.29, 0.717) is 18.6 Å². The summed E-state index contributed by atoms with van der Waals surface area (Å²) in [5.74, 6) is 0.676. The van der Waals surface area contributed by atoms with Crippen molar-refractivity contribution in [1.29, 1.82) is 0 Å². The molecule has 1 N–H and O–H groups in total. The molecule has 4 heteroatoms. The van der Waals surface area contributed by atoms with Gasteiger partial charge in [-0.3, -0.25) is 4.79 Å². The predicted molar refractivity (Wildman–Crippen MR) is 138 cm³/mol. The lowest BCUT2D eigenvalue weighted by Crippen LogP contribution is -2.52. The zero-order chi connectivity index (χ0) is 24.4. The lowest BCUT2D eigenvalue weighted by atomic mass is 9.54. The second kappa shape index (κ2) is 8.09. The van der Waals surface area contributed by atoms with Crippen LogP contribution in [0.25, 0.3) is 0 Å². The molecule has 182 valence electrons. The fourth-order valence-electron chi connectivity index (χ4n) is 7.50. The number of anilines is 1. The summed E-state index contributed by atoms with van der Waals surface area (Å²) in [6.07, 6.45) is 6.25. The van der Waals surface area contributed by atoms with Crippen molar-refractivity contribution in [3.63, 3.8) is 0 Å². The zero-order valence-electron chi connectivity index (χ0n) is 21.0. The summed E-state index contributed by atoms with van der Waals surface area (Å²) in [4.78, 5) is 14.4. The van der Waals surface area contributed by atoms with Crippen LogP contribution in [-0.4, -0.2) is 31.1 Å². The van der Waals surface area contributed by atoms with Crippen LogP contribution in [0.2, 0.25) is 0 Å². The van der Waals surface area contributed by atoms with Gasteiger partial charge >= 0.3 is 0 Å². The van der Waals surface area contributed by atoms with E-state index >= 15 is 0 Å². The second-order valence-corrected chi connectivity index (χ2v) is 11.4. The second-order valence-electron chi connectivity index (χ2n) is 11.4. The number of benzene rings is 2. The molecule has 1 heterocycles. The normalized spacial score (nSPS) is 33.9. The quantitative estimate of drug-likeness (QED) is 0.610. The van der Waals surface area contributed by atoms with Crippen molar-refractivity contribution in [2.75, 3.05) is 19.0 Å². The van der Waals surface area contributed by atoms with Crippen LogP contribution in [0.1, 0.15) is 62.5 Å². The largest absolute Gasteiger partial charge is 0.493 e. The highest BCUT2D eigenvalue weighted by molar-refractivity contribution is 5.84. The molecule has 4 nitrogen and oxygen atoms in total. The van der Waals surface area contributed by atoms with Crippen LogP contribution in [0.3, 0.4) is 0 Å². The number of aliphatic hydroxyl groups is 1. The number of rotatable bonds is 3. The molecule has 1 unspecified atom stereocenters. The van der Waals surface area contributed by atoms with Crippen molar-refractivity contribution in [2.45, 2.75) is 63.1 Å². The fourth-order valence-corrected chi connectivity index (χ4v) is 7.50. The van der Waals surface area contributed by atoms with Gasteiger partial charge < -0.3 is 14.7 Å². The van der Waals surface area contributed by atoms with E-state index < -0.39 is 5.60 Å². The Labute approximate surface area is 208 Å². The smallest absolute Gasteiger partial charge is 0.137 e. The van der Waals surface area contributed by atoms with Gasteiger partial charge in [0, 0.05) is 49.9 Å². The summed E-state index contributed by atoms with van der Waals surface area (Å²) in [7, 11) is 4.12. The van der Waals surface area contributed by atoms with E-state index in [9.17, 15) is 9.90 Å². The molecule has 2 aromatic carbocycles. The minimum absolute atomic E-state index is 0.0584. The Balaban J connectivity index is 1.49. The molecule has 35 heavy (non-hydrogen) atoms. The molecule has 4 aliphatic rings. The molecule has 0 radical (unpaired) electrons. The number of ether oxygens (including phenoxy) is 1. The Hall–Kier alpha value is -2.85. The van der Waals surface area contributed by atoms with Crippen LogP contribution >= 0.6 is 0 Å². The minimum atomic E-state index is -0.896. The number of carbonyl (C=O) groups excluding carboxylic acids is 1. The third-order valence-electron chi connectivity index (χ3n) is 9.45. The van der Waals surface area contributed by atoms with Crippen LogP contribution in [-0.2, 0) is 15.1 Å². The number of allylic oxidation sites excluding steroid dienone is 2. The number of carbonyl (C=O) groups is 1. The van der Waals surface area contributed by atoms with Gasteiger partial charge in [0.2, 0.25) is 0 Å². The van der Waals surface area contributed by atoms with Crippen LogP contribution in [0, 0.1) is 11.3 Å². The molecule has 3 fully saturated rings. The van der Waals surface area contributed by atoms with Gasteiger partial charge in [-0.2, -0.15) is 0 Å². The van der Waals surface area contributed by atoms with E-state index in [1.54, 1.807) is 0 Å². The van der Waals surface area contributed by atoms with Gasteiger partial charge in [-0.05, 0) is 65.7 Å². The van der Waals surface area contributed by atoms with Gasteiger partial charge in [0.05, 0.1) is 11.9 Å². The summed E-state index contributed by atoms with van der Waals surface area (Å²) in [5.41, 5.74) is 6.02. The van der Waals surface area contributed by atoms with Crippen LogP contribution in [0.15, 0.2) is 77.6 Å². The highest BCUT2D eigenvalue weighted by Crippen LogP contribution is 2.66. The first-order valence-electron chi connectivity index (χ1n) is 13.0. The van der Waals surface area contributed by atoms with Gasteiger partial charge in [-0.15, -0.1) is 0 Å². The number of fused-ring (bicyclic) bond motifs is 4. The summed E-state index contributed by atoms with van der Waals surface area (Å²) < 4.78 is 6.53. The summed E-state index contributed by atoms with van der Waals surface area (Å²) in [6.45, 7) is 2.29. The van der Waals surface area contributed by atoms with Crippen LogP contribution < -0.4 is 4.90 Å². The molecular formula is C31H35NO3. The predicted octanol–water partition coefficient (Wildman–Crippen LogP) is 5.88. The van der Waals surface area contributed by atoms with Crippen molar-refractivity contribution >= 4 is 11.5 Å². The van der Waals surface area contributed by atoms with Gasteiger partial charge in [-0.25, -0.2) is 0 Å². The minimum Gasteiger partial charge on any atom is -0.493 e. The van der Waals surface area contributed by atoms with Gasteiger partial charge in [-0.1, -0.05) is 49.4 Å². The maximum absolute atomic E-state index is 12.3. The van der Waals surface area contributed by atoms with Crippen molar-refractivity contribution in [2.24, 2.45) is 11.3 Å². The average Bonchev–Trinajstić information content (AvgIpc) is 3.15. The lowest BCUT2D eigenvalue weighted by Gasteiger charge is -2.54. The Morgan fingerprint density at radius 3 is 2.49 bits per heavy atom. The highest BCUT2D eigenvalue weighted by Gasteiger charge is 2.64. The molecule has 0 bridgehead atoms. The first-order chi connectivity index (χ1) is 16.8. The van der Waals surface area contributed by atoms with Crippen molar-refractivity contribution in [1.82, 2.24) is 0 Å². The van der Waals surface area contributed by atoms with E-state index in [0.717, 1.165) is 36.8 Å². The Morgan fingerprint density at radius 1 is 1.03 bits per heavy atom. The molecule has 3 aliphatic carbocycles. The molecule has 0 aromatic heterocycles. The van der Waals surface area contributed by atoms with E-state index in [2.05, 4.69) is 62.3 Å². The monoisotopic (exact) mass is 469 g/mol. The van der Waals surface area contributed by atoms with Crippen molar-refractivity contribution in [3.8, 4) is 0 Å². The van der Waals surface area contributed by atoms with Crippen LogP contribution in [0.5, 0.6) is 0 Å². The van der Waals surface area contributed by atoms with Crippen molar-refractivity contribution in [3.05, 3.63) is 88.7 Å². The van der Waals surface area contributed by atoms with Gasteiger partial charge in [0.1, 0.15) is 11.9 Å². The summed E-state index contributed by atoms with van der Waals surface area (Å²) >= 11 is 0. The average molecular weight is 470 g/mol. The zero-order valence-corrected chi connectivity index (χ0v) is 21.0. The number of ketones is 1. The topological polar surface area (TPSA) is 49.8 Å². The maximum atomic E-state index is 12.3. The number of hydrogen-bond acceptors (Lipinski definition) is 4. The molecule has 3 saturated carbocycles. The van der Waals surface area contributed by atoms with E-state index in [1.165, 1.54) is 22.4 Å². The molecule has 1 aliphatic heterocycles. The molecule has 2 aromatic rings. The van der Waals surface area contributed by atoms with E-state index in [-0.39, 0.29) is 23.4 Å². The maximum Gasteiger partial charge on any atom is 0.137 e. The third kappa shape index (κ3) is 3.33. The number of nitrogens with zero attached hydrogens (tertiary/aromatic N) is 1. The third-order valence-corrected chi connectivity index (χ3v) is 9.45. The SMILES string of the molecule is CN(C)c1ccc(C2C[C@@]3(C)[C@@H](CC[C@@]3(O)c3ccccc3)[C@@H]3OC=C4CC(=O)CCC4=C23)cc1. The highest BCUT2D eigenvalue weighted by atomic mass is 16.5. The molecule has 0 amide bonds. The molecule has 0 spiro atoms. The van der Waals surface area contributed by atoms with E-state index in [1.807, 2.05) is 24.5 Å². The summed E-state index contributed by atoms with van der Waals surface area (Å²) in [5, 5.41) is 12.3. The molecule has 6 rings (SSSR count). The lowest BCUT2D eigenvalue weighted by molar-refractivity contribution is -0.119. The van der Waals surface area contributed by atoms with Gasteiger partial charge in [0.25, 0.3) is 0 Å². The Morgan fingerprint density at radius 2 is 1.77 bits per heavy atom. The van der Waals surface area contributed by atoms with Crippen LogP contribution in [0.4, 0.5) is 5.69 Å². The fraction of sp³-hybridized carbons (Fsp3) is 0.452. The van der Waals surface area contributed by atoms with E-state index in [4.69, 9.17) is 4.74 Å². The Kier molecular flexibility index (Phi) is 5.23. The Bertz CT molecular complexity index is 1210. The first kappa shape index (κ1) is 22.6. The molecule has 0 saturated heterocycles.